The molecule has 0 bridgehead atoms. The number of benzene rings is 2. The highest BCUT2D eigenvalue weighted by Gasteiger charge is 2.23. The van der Waals surface area contributed by atoms with Crippen LogP contribution in [-0.2, 0) is 7.05 Å². The quantitative estimate of drug-likeness (QED) is 0.427. The molecule has 29 heavy (non-hydrogen) atoms. The van der Waals surface area contributed by atoms with E-state index in [0.717, 1.165) is 15.4 Å². The number of alkyl halides is 2. The van der Waals surface area contributed by atoms with E-state index in [1.54, 1.807) is 47.3 Å². The number of aromatic nitrogens is 4. The Hall–Kier alpha value is -2.78. The Morgan fingerprint density at radius 2 is 2.03 bits per heavy atom. The van der Waals surface area contributed by atoms with E-state index in [1.807, 2.05) is 0 Å². The lowest BCUT2D eigenvalue weighted by Gasteiger charge is -2.12. The largest absolute Gasteiger partial charge is 0.320 e. The van der Waals surface area contributed by atoms with Crippen LogP contribution in [0.1, 0.15) is 22.5 Å². The number of nitrogens with one attached hydrogen (secondary N) is 1. The first kappa shape index (κ1) is 19.5. The summed E-state index contributed by atoms with van der Waals surface area (Å²) in [5, 5.41) is 12.1. The van der Waals surface area contributed by atoms with Crippen molar-refractivity contribution >= 4 is 50.0 Å². The van der Waals surface area contributed by atoms with E-state index in [4.69, 9.17) is 11.6 Å². The molecular weight excluding hydrogens is 468 g/mol. The number of halogens is 4. The number of carbonyl (C=O) groups excluding carboxylic acids is 1. The van der Waals surface area contributed by atoms with Crippen LogP contribution in [0.3, 0.4) is 0 Å². The summed E-state index contributed by atoms with van der Waals surface area (Å²) in [5.41, 5.74) is 0.987. The van der Waals surface area contributed by atoms with Crippen LogP contribution in [0.2, 0.25) is 5.02 Å². The average Bonchev–Trinajstić information content (AvgIpc) is 3.26. The first-order valence-electron chi connectivity index (χ1n) is 8.40. The molecule has 0 aliphatic heterocycles. The summed E-state index contributed by atoms with van der Waals surface area (Å²) in [4.78, 5) is 12.7. The van der Waals surface area contributed by atoms with Gasteiger partial charge in [-0.25, -0.2) is 13.5 Å². The van der Waals surface area contributed by atoms with Gasteiger partial charge in [-0.3, -0.25) is 9.48 Å². The lowest BCUT2D eigenvalue weighted by molar-refractivity contribution is 0.101. The van der Waals surface area contributed by atoms with Crippen molar-refractivity contribution in [3.63, 3.8) is 0 Å². The number of carbonyl (C=O) groups is 1. The molecule has 0 radical (unpaired) electrons. The van der Waals surface area contributed by atoms with Gasteiger partial charge in [0.15, 0.2) is 0 Å². The monoisotopic (exact) mass is 479 g/mol. The number of hydrogen-bond donors (Lipinski definition) is 1. The molecule has 0 fully saturated rings. The molecule has 2 heterocycles. The summed E-state index contributed by atoms with van der Waals surface area (Å²) in [7, 11) is 1.48. The molecule has 0 saturated carbocycles. The van der Waals surface area contributed by atoms with Crippen LogP contribution >= 0.6 is 27.5 Å². The molecule has 4 aromatic rings. The Morgan fingerprint density at radius 1 is 1.28 bits per heavy atom. The molecule has 4 rings (SSSR count). The lowest BCUT2D eigenvalue weighted by atomic mass is 10.2. The van der Waals surface area contributed by atoms with Crippen molar-refractivity contribution in [1.82, 2.24) is 19.6 Å². The van der Waals surface area contributed by atoms with Gasteiger partial charge in [0.1, 0.15) is 5.69 Å². The number of aryl methyl sites for hydroxylation is 1. The Bertz CT molecular complexity index is 1240. The summed E-state index contributed by atoms with van der Waals surface area (Å²) in [5.74, 6) is -0.681. The number of hydrogen-bond acceptors (Lipinski definition) is 3. The van der Waals surface area contributed by atoms with E-state index in [2.05, 4.69) is 31.4 Å². The van der Waals surface area contributed by atoms with Gasteiger partial charge in [0.2, 0.25) is 0 Å². The molecule has 0 aliphatic rings. The van der Waals surface area contributed by atoms with Crippen molar-refractivity contribution in [2.45, 2.75) is 6.43 Å². The highest BCUT2D eigenvalue weighted by atomic mass is 79.9. The van der Waals surface area contributed by atoms with Gasteiger partial charge in [-0.2, -0.15) is 10.2 Å². The first-order chi connectivity index (χ1) is 13.8. The van der Waals surface area contributed by atoms with Crippen LogP contribution in [0.25, 0.3) is 16.6 Å². The van der Waals surface area contributed by atoms with Gasteiger partial charge in [-0.15, -0.1) is 0 Å². The minimum atomic E-state index is -2.86. The van der Waals surface area contributed by atoms with Crippen molar-refractivity contribution < 1.29 is 13.6 Å². The molecule has 0 aliphatic carbocycles. The molecule has 148 valence electrons. The molecule has 2 aromatic heterocycles. The number of fused-ring (bicyclic) bond motifs is 1. The van der Waals surface area contributed by atoms with E-state index in [1.165, 1.54) is 17.9 Å². The van der Waals surface area contributed by atoms with E-state index >= 15 is 0 Å². The summed E-state index contributed by atoms with van der Waals surface area (Å²) in [6.07, 6.45) is 0.0602. The predicted octanol–water partition coefficient (Wildman–Crippen LogP) is 5.36. The molecule has 2 aromatic carbocycles. The number of rotatable bonds is 4. The summed E-state index contributed by atoms with van der Waals surface area (Å²) in [6, 6.07) is 10.5. The Morgan fingerprint density at radius 3 is 2.79 bits per heavy atom. The fourth-order valence-electron chi connectivity index (χ4n) is 3.06. The van der Waals surface area contributed by atoms with Crippen molar-refractivity contribution in [3.05, 3.63) is 69.5 Å². The average molecular weight is 481 g/mol. The molecular formula is C19H13BrClF2N5O. The maximum Gasteiger partial charge on any atom is 0.282 e. The Labute approximate surface area is 177 Å². The summed E-state index contributed by atoms with van der Waals surface area (Å²) < 4.78 is 30.0. The van der Waals surface area contributed by atoms with Crippen LogP contribution < -0.4 is 5.32 Å². The lowest BCUT2D eigenvalue weighted by Crippen LogP contribution is -2.15. The van der Waals surface area contributed by atoms with Crippen LogP contribution in [-0.4, -0.2) is 25.5 Å². The zero-order valence-electron chi connectivity index (χ0n) is 14.9. The van der Waals surface area contributed by atoms with Crippen molar-refractivity contribution in [1.29, 1.82) is 0 Å². The smallest absolute Gasteiger partial charge is 0.282 e. The van der Waals surface area contributed by atoms with Gasteiger partial charge in [0.25, 0.3) is 12.3 Å². The van der Waals surface area contributed by atoms with Crippen LogP contribution in [0, 0.1) is 0 Å². The van der Waals surface area contributed by atoms with Crippen LogP contribution in [0.4, 0.5) is 14.5 Å². The second kappa shape index (κ2) is 7.57. The standard InChI is InChI=1S/C19H13BrClF2N5O/c1-27-9-12(16(26-27)18(22)23)19(29)25-14-4-2-3-5-15(14)28-17-10(8-24-28)6-11(21)7-13(17)20/h2-9,18H,1H3,(H,25,29). The number of para-hydroxylation sites is 2. The normalized spacial score (nSPS) is 11.4. The van der Waals surface area contributed by atoms with Gasteiger partial charge in [0.05, 0.1) is 28.7 Å². The maximum absolute atomic E-state index is 13.2. The predicted molar refractivity (Wildman–Crippen MR) is 110 cm³/mol. The molecule has 6 nitrogen and oxygen atoms in total. The summed E-state index contributed by atoms with van der Waals surface area (Å²) >= 11 is 9.58. The molecule has 0 unspecified atom stereocenters. The topological polar surface area (TPSA) is 64.7 Å². The van der Waals surface area contributed by atoms with Gasteiger partial charge in [0, 0.05) is 28.1 Å². The van der Waals surface area contributed by atoms with E-state index in [0.29, 0.717) is 16.4 Å². The minimum Gasteiger partial charge on any atom is -0.320 e. The number of amides is 1. The Kier molecular flexibility index (Phi) is 5.10. The van der Waals surface area contributed by atoms with Crippen molar-refractivity contribution in [2.75, 3.05) is 5.32 Å². The SMILES string of the molecule is Cn1cc(C(=O)Nc2ccccc2-n2ncc3cc(Cl)cc(Br)c32)c(C(F)F)n1. The van der Waals surface area contributed by atoms with Crippen molar-refractivity contribution in [3.8, 4) is 5.69 Å². The maximum atomic E-state index is 13.2. The first-order valence-corrected chi connectivity index (χ1v) is 9.57. The van der Waals surface area contributed by atoms with E-state index in [9.17, 15) is 13.6 Å². The highest BCUT2D eigenvalue weighted by molar-refractivity contribution is 9.10. The zero-order valence-corrected chi connectivity index (χ0v) is 17.2. The molecule has 0 spiro atoms. The second-order valence-electron chi connectivity index (χ2n) is 6.26. The third-order valence-electron chi connectivity index (χ3n) is 4.27. The molecule has 0 saturated heterocycles. The molecule has 10 heteroatoms. The molecule has 1 amide bonds. The van der Waals surface area contributed by atoms with E-state index < -0.39 is 18.0 Å². The van der Waals surface area contributed by atoms with Gasteiger partial charge < -0.3 is 5.32 Å². The Balaban J connectivity index is 1.77. The third-order valence-corrected chi connectivity index (χ3v) is 5.09. The van der Waals surface area contributed by atoms with E-state index in [-0.39, 0.29) is 5.56 Å². The van der Waals surface area contributed by atoms with Crippen LogP contribution in [0.5, 0.6) is 0 Å². The number of nitrogens with zero attached hydrogens (tertiary/aromatic N) is 4. The fraction of sp³-hybridized carbons (Fsp3) is 0.105. The van der Waals surface area contributed by atoms with Gasteiger partial charge >= 0.3 is 0 Å². The van der Waals surface area contributed by atoms with Gasteiger partial charge in [-0.05, 0) is 40.2 Å². The molecule has 1 N–H and O–H groups in total. The van der Waals surface area contributed by atoms with Crippen molar-refractivity contribution in [2.24, 2.45) is 7.05 Å². The summed E-state index contributed by atoms with van der Waals surface area (Å²) in [6.45, 7) is 0. The third kappa shape index (κ3) is 3.63. The minimum absolute atomic E-state index is 0.185. The fourth-order valence-corrected chi connectivity index (χ4v) is 4.07. The highest BCUT2D eigenvalue weighted by Crippen LogP contribution is 2.32. The zero-order chi connectivity index (χ0) is 20.7. The van der Waals surface area contributed by atoms with Crippen LogP contribution in [0.15, 0.2) is 53.3 Å². The number of anilines is 1. The molecule has 0 atom stereocenters. The van der Waals surface area contributed by atoms with Gasteiger partial charge in [-0.1, -0.05) is 23.7 Å². The second-order valence-corrected chi connectivity index (χ2v) is 7.55.